The summed E-state index contributed by atoms with van der Waals surface area (Å²) in [5, 5.41) is 18.6. The zero-order valence-corrected chi connectivity index (χ0v) is 17.4. The summed E-state index contributed by atoms with van der Waals surface area (Å²) in [4.78, 5) is 12.8. The van der Waals surface area contributed by atoms with Crippen LogP contribution in [-0.2, 0) is 19.5 Å². The van der Waals surface area contributed by atoms with E-state index in [1.807, 2.05) is 48.5 Å². The Morgan fingerprint density at radius 1 is 0.969 bits per heavy atom. The number of rotatable bonds is 8. The van der Waals surface area contributed by atoms with Gasteiger partial charge in [-0.3, -0.25) is 4.57 Å². The summed E-state index contributed by atoms with van der Waals surface area (Å²) >= 11 is 0. The van der Waals surface area contributed by atoms with Crippen molar-refractivity contribution in [1.82, 2.24) is 35.0 Å². The topological polar surface area (TPSA) is 94.3 Å². The fourth-order valence-electron chi connectivity index (χ4n) is 3.52. The van der Waals surface area contributed by atoms with Gasteiger partial charge in [-0.25, -0.2) is 14.6 Å². The summed E-state index contributed by atoms with van der Waals surface area (Å²) in [6.45, 7) is 0.792. The van der Waals surface area contributed by atoms with Crippen molar-refractivity contribution in [2.24, 2.45) is 0 Å². The summed E-state index contributed by atoms with van der Waals surface area (Å²) in [7, 11) is 0. The highest BCUT2D eigenvalue weighted by molar-refractivity contribution is 5.80. The molecule has 1 N–H and O–H groups in total. The summed E-state index contributed by atoms with van der Waals surface area (Å²) in [6.07, 6.45) is 12.2. The average Bonchev–Trinajstić information content (AvgIpc) is 3.46. The molecule has 0 bridgehead atoms. The number of hydrogen-bond donors (Lipinski definition) is 1. The maximum absolute atomic E-state index is 12.8. The van der Waals surface area contributed by atoms with Crippen LogP contribution in [0, 0.1) is 24.7 Å². The SMILES string of the molecule is C#CCCc1nn(CCC#C)c(=O)n1Cc1ccc(-c2ccccc2-c2nnn[nH]2)cc1. The molecular weight excluding hydrogens is 402 g/mol. The van der Waals surface area contributed by atoms with E-state index in [2.05, 4.69) is 37.6 Å². The Morgan fingerprint density at radius 3 is 2.41 bits per heavy atom. The Hall–Kier alpha value is -4.43. The largest absolute Gasteiger partial charge is 0.346 e. The Labute approximate surface area is 185 Å². The molecule has 0 aliphatic rings. The maximum atomic E-state index is 12.8. The fraction of sp³-hybridized carbons (Fsp3) is 0.208. The molecule has 0 atom stereocenters. The van der Waals surface area contributed by atoms with Crippen LogP contribution in [0.5, 0.6) is 0 Å². The van der Waals surface area contributed by atoms with Gasteiger partial charge in [0.15, 0.2) is 5.82 Å². The minimum atomic E-state index is -0.181. The van der Waals surface area contributed by atoms with E-state index in [-0.39, 0.29) is 5.69 Å². The summed E-state index contributed by atoms with van der Waals surface area (Å²) in [6, 6.07) is 15.9. The lowest BCUT2D eigenvalue weighted by Crippen LogP contribution is -2.26. The molecule has 0 saturated carbocycles. The smallest absolute Gasteiger partial charge is 0.274 e. The van der Waals surface area contributed by atoms with Crippen LogP contribution >= 0.6 is 0 Å². The van der Waals surface area contributed by atoms with Crippen molar-refractivity contribution in [2.45, 2.75) is 32.4 Å². The van der Waals surface area contributed by atoms with Gasteiger partial charge >= 0.3 is 5.69 Å². The van der Waals surface area contributed by atoms with Gasteiger partial charge in [0.1, 0.15) is 5.82 Å². The van der Waals surface area contributed by atoms with Crippen molar-refractivity contribution in [3.8, 4) is 47.2 Å². The molecule has 0 radical (unpaired) electrons. The number of benzene rings is 2. The number of aromatic amines is 1. The lowest BCUT2D eigenvalue weighted by molar-refractivity contribution is 0.591. The van der Waals surface area contributed by atoms with E-state index in [0.29, 0.717) is 44.0 Å². The standard InChI is InChI=1S/C24H21N7O/c1-3-5-11-22-27-31(16-6-4-2)24(32)30(22)17-18-12-14-19(15-13-18)20-9-7-8-10-21(20)23-25-28-29-26-23/h1-2,7-10,12-15H,5-6,11,16-17H2,(H,25,26,28,29). The molecule has 8 heteroatoms. The summed E-state index contributed by atoms with van der Waals surface area (Å²) < 4.78 is 3.08. The molecule has 158 valence electrons. The van der Waals surface area contributed by atoms with Crippen LogP contribution in [0.25, 0.3) is 22.5 Å². The lowest BCUT2D eigenvalue weighted by atomic mass is 9.98. The van der Waals surface area contributed by atoms with Gasteiger partial charge in [-0.15, -0.1) is 29.8 Å². The monoisotopic (exact) mass is 423 g/mol. The van der Waals surface area contributed by atoms with Gasteiger partial charge in [-0.1, -0.05) is 48.5 Å². The fourth-order valence-corrected chi connectivity index (χ4v) is 3.52. The molecule has 4 aromatic rings. The molecule has 0 unspecified atom stereocenters. The van der Waals surface area contributed by atoms with E-state index in [1.54, 1.807) is 4.57 Å². The highest BCUT2D eigenvalue weighted by atomic mass is 16.2. The van der Waals surface area contributed by atoms with Gasteiger partial charge in [0.05, 0.1) is 13.1 Å². The van der Waals surface area contributed by atoms with Crippen LogP contribution < -0.4 is 5.69 Å². The number of nitrogens with one attached hydrogen (secondary N) is 1. The first-order valence-electron chi connectivity index (χ1n) is 10.2. The molecular formula is C24H21N7O. The highest BCUT2D eigenvalue weighted by Gasteiger charge is 2.14. The molecule has 0 amide bonds. The molecule has 8 nitrogen and oxygen atoms in total. The number of aromatic nitrogens is 7. The minimum absolute atomic E-state index is 0.181. The van der Waals surface area contributed by atoms with Crippen LogP contribution in [0.3, 0.4) is 0 Å². The van der Waals surface area contributed by atoms with E-state index >= 15 is 0 Å². The lowest BCUT2D eigenvalue weighted by Gasteiger charge is -2.09. The van der Waals surface area contributed by atoms with E-state index in [1.165, 1.54) is 4.68 Å². The molecule has 32 heavy (non-hydrogen) atoms. The number of aryl methyl sites for hydroxylation is 2. The molecule has 0 spiro atoms. The summed E-state index contributed by atoms with van der Waals surface area (Å²) in [5.41, 5.74) is 3.73. The van der Waals surface area contributed by atoms with Crippen LogP contribution in [0.4, 0.5) is 0 Å². The Balaban J connectivity index is 1.62. The minimum Gasteiger partial charge on any atom is -0.274 e. The van der Waals surface area contributed by atoms with E-state index in [0.717, 1.165) is 22.3 Å². The second-order valence-electron chi connectivity index (χ2n) is 7.16. The zero-order chi connectivity index (χ0) is 22.3. The third-order valence-corrected chi connectivity index (χ3v) is 5.09. The van der Waals surface area contributed by atoms with Crippen LogP contribution in [0.15, 0.2) is 53.3 Å². The third-order valence-electron chi connectivity index (χ3n) is 5.09. The van der Waals surface area contributed by atoms with Gasteiger partial charge in [-0.2, -0.15) is 5.10 Å². The van der Waals surface area contributed by atoms with Crippen molar-refractivity contribution in [2.75, 3.05) is 0 Å². The van der Waals surface area contributed by atoms with Crippen molar-refractivity contribution in [3.05, 3.63) is 70.4 Å². The maximum Gasteiger partial charge on any atom is 0.346 e. The molecule has 0 aliphatic carbocycles. The quantitative estimate of drug-likeness (QED) is 0.440. The number of terminal acetylenes is 2. The Morgan fingerprint density at radius 2 is 1.72 bits per heavy atom. The molecule has 2 heterocycles. The summed E-state index contributed by atoms with van der Waals surface area (Å²) in [5.74, 6) is 6.42. The second-order valence-corrected chi connectivity index (χ2v) is 7.16. The van der Waals surface area contributed by atoms with Crippen LogP contribution in [0.1, 0.15) is 24.2 Å². The molecule has 2 aromatic carbocycles. The third kappa shape index (κ3) is 4.35. The normalized spacial score (nSPS) is 10.6. The van der Waals surface area contributed by atoms with Gasteiger partial charge in [-0.05, 0) is 27.1 Å². The first-order chi connectivity index (χ1) is 15.7. The van der Waals surface area contributed by atoms with Gasteiger partial charge in [0.25, 0.3) is 0 Å². The van der Waals surface area contributed by atoms with Crippen molar-refractivity contribution < 1.29 is 0 Å². The van der Waals surface area contributed by atoms with Crippen molar-refractivity contribution in [3.63, 3.8) is 0 Å². The highest BCUT2D eigenvalue weighted by Crippen LogP contribution is 2.29. The van der Waals surface area contributed by atoms with Crippen molar-refractivity contribution in [1.29, 1.82) is 0 Å². The molecule has 0 saturated heterocycles. The predicted molar refractivity (Wildman–Crippen MR) is 121 cm³/mol. The zero-order valence-electron chi connectivity index (χ0n) is 17.4. The first-order valence-corrected chi connectivity index (χ1v) is 10.2. The van der Waals surface area contributed by atoms with Gasteiger partial charge < -0.3 is 0 Å². The van der Waals surface area contributed by atoms with E-state index < -0.39 is 0 Å². The number of nitrogens with zero attached hydrogens (tertiary/aromatic N) is 6. The number of hydrogen-bond acceptors (Lipinski definition) is 5. The van der Waals surface area contributed by atoms with E-state index in [4.69, 9.17) is 12.8 Å². The Bertz CT molecular complexity index is 1330. The molecule has 4 rings (SSSR count). The number of tetrazole rings is 1. The average molecular weight is 423 g/mol. The first kappa shape index (κ1) is 20.8. The van der Waals surface area contributed by atoms with E-state index in [9.17, 15) is 4.79 Å². The predicted octanol–water partition coefficient (Wildman–Crippen LogP) is 2.53. The van der Waals surface area contributed by atoms with Gasteiger partial charge in [0.2, 0.25) is 0 Å². The second kappa shape index (κ2) is 9.59. The molecule has 2 aromatic heterocycles. The number of H-pyrrole nitrogens is 1. The Kier molecular flexibility index (Phi) is 6.24. The van der Waals surface area contributed by atoms with Gasteiger partial charge in [0, 0.05) is 24.8 Å². The van der Waals surface area contributed by atoms with Crippen molar-refractivity contribution >= 4 is 0 Å². The van der Waals surface area contributed by atoms with Crippen LogP contribution in [-0.4, -0.2) is 35.0 Å². The van der Waals surface area contributed by atoms with Crippen LogP contribution in [0.2, 0.25) is 0 Å². The molecule has 0 aliphatic heterocycles. The molecule has 0 fully saturated rings.